The first-order valence-electron chi connectivity index (χ1n) is 13.9. The lowest BCUT2D eigenvalue weighted by Gasteiger charge is -2.38. The van der Waals surface area contributed by atoms with E-state index in [1.807, 2.05) is 18.9 Å². The van der Waals surface area contributed by atoms with Crippen LogP contribution >= 0.6 is 11.6 Å². The van der Waals surface area contributed by atoms with E-state index in [9.17, 15) is 9.59 Å². The number of carbonyl (C=O) groups excluding carboxylic acids is 2. The van der Waals surface area contributed by atoms with Crippen LogP contribution in [0.1, 0.15) is 76.4 Å². The normalized spacial score (nSPS) is 20.3. The van der Waals surface area contributed by atoms with Crippen molar-refractivity contribution in [2.24, 2.45) is 11.8 Å². The molecule has 3 amide bonds. The minimum absolute atomic E-state index is 0.0397. The molecule has 1 aromatic rings. The summed E-state index contributed by atoms with van der Waals surface area (Å²) in [6.07, 6.45) is 8.53. The van der Waals surface area contributed by atoms with E-state index < -0.39 is 11.9 Å². The van der Waals surface area contributed by atoms with Gasteiger partial charge in [0.25, 0.3) is 0 Å². The lowest BCUT2D eigenvalue weighted by atomic mass is 9.85. The molecule has 3 N–H and O–H groups in total. The second-order valence-corrected chi connectivity index (χ2v) is 10.8. The number of amides is 3. The summed E-state index contributed by atoms with van der Waals surface area (Å²) in [6, 6.07) is 4.91. The van der Waals surface area contributed by atoms with Gasteiger partial charge in [-0.15, -0.1) is 0 Å². The second kappa shape index (κ2) is 15.5. The lowest BCUT2D eigenvalue weighted by molar-refractivity contribution is -0.123. The number of likely N-dealkylation sites (N-methyl/N-ethyl adjacent to an activating group) is 1. The van der Waals surface area contributed by atoms with Gasteiger partial charge in [-0.2, -0.15) is 0 Å². The van der Waals surface area contributed by atoms with Crippen LogP contribution in [0.2, 0.25) is 5.02 Å². The van der Waals surface area contributed by atoms with Crippen LogP contribution in [0.5, 0.6) is 0 Å². The largest absolute Gasteiger partial charge is 0.373 e. The van der Waals surface area contributed by atoms with Crippen molar-refractivity contribution >= 4 is 23.5 Å². The molecule has 0 aromatic heterocycles. The van der Waals surface area contributed by atoms with Gasteiger partial charge in [-0.3, -0.25) is 4.79 Å². The fourth-order valence-corrected chi connectivity index (χ4v) is 5.94. The number of urea groups is 1. The predicted octanol–water partition coefficient (Wildman–Crippen LogP) is 5.04. The number of piperidine rings is 1. The molecule has 0 unspecified atom stereocenters. The van der Waals surface area contributed by atoms with Crippen molar-refractivity contribution in [2.75, 3.05) is 39.8 Å². The Balaban J connectivity index is 1.67. The number of halogens is 2. The van der Waals surface area contributed by atoms with Gasteiger partial charge in [-0.05, 0) is 45.2 Å². The number of nitrogens with one attached hydrogen (secondary N) is 3. The van der Waals surface area contributed by atoms with Crippen LogP contribution < -0.4 is 16.0 Å². The Kier molecular flexibility index (Phi) is 12.4. The van der Waals surface area contributed by atoms with E-state index in [1.54, 1.807) is 12.1 Å². The second-order valence-electron chi connectivity index (χ2n) is 10.4. The van der Waals surface area contributed by atoms with Crippen LogP contribution in [-0.2, 0) is 9.53 Å². The standard InChI is InChI=1S/C28H44ClFN4O3/c1-3-32-25(35)14-16-37-27(23-12-7-13-24(29)26(23)30)21-11-8-15-34(19-21)28(36)33-22(18-31-2)17-20-9-5-4-6-10-20/h7,12-13,20-22,27,31H,3-6,8-11,14-19H2,1-2H3,(H,32,35)(H,33,36)/t21-,22+,27+/m0/s1. The van der Waals surface area contributed by atoms with Crippen LogP contribution in [0.3, 0.4) is 0 Å². The molecule has 0 bridgehead atoms. The quantitative estimate of drug-likeness (QED) is 0.348. The molecular weight excluding hydrogens is 495 g/mol. The topological polar surface area (TPSA) is 82.7 Å². The molecule has 0 radical (unpaired) electrons. The summed E-state index contributed by atoms with van der Waals surface area (Å²) in [6.45, 7) is 4.42. The van der Waals surface area contributed by atoms with E-state index in [1.165, 1.54) is 38.2 Å². The van der Waals surface area contributed by atoms with E-state index in [0.717, 1.165) is 25.8 Å². The van der Waals surface area contributed by atoms with E-state index in [4.69, 9.17) is 16.3 Å². The average molecular weight is 539 g/mol. The highest BCUT2D eigenvalue weighted by molar-refractivity contribution is 6.30. The number of hydrogen-bond donors (Lipinski definition) is 3. The Morgan fingerprint density at radius 3 is 2.70 bits per heavy atom. The third kappa shape index (κ3) is 9.11. The fourth-order valence-electron chi connectivity index (χ4n) is 5.76. The van der Waals surface area contributed by atoms with Crippen molar-refractivity contribution in [2.45, 2.75) is 76.9 Å². The van der Waals surface area contributed by atoms with Gasteiger partial charge < -0.3 is 25.6 Å². The number of likely N-dealkylation sites (tertiary alicyclic amines) is 1. The first-order valence-corrected chi connectivity index (χ1v) is 14.3. The summed E-state index contributed by atoms with van der Waals surface area (Å²) in [4.78, 5) is 27.1. The number of carbonyl (C=O) groups is 2. The van der Waals surface area contributed by atoms with Crippen LogP contribution in [0.25, 0.3) is 0 Å². The molecule has 3 rings (SSSR count). The maximum absolute atomic E-state index is 15.1. The molecule has 37 heavy (non-hydrogen) atoms. The van der Waals surface area contributed by atoms with Crippen LogP contribution in [0.15, 0.2) is 18.2 Å². The van der Waals surface area contributed by atoms with Gasteiger partial charge in [0.1, 0.15) is 5.82 Å². The molecule has 1 heterocycles. The van der Waals surface area contributed by atoms with Crippen molar-refractivity contribution in [1.29, 1.82) is 0 Å². The van der Waals surface area contributed by atoms with Gasteiger partial charge in [0.15, 0.2) is 0 Å². The number of rotatable bonds is 12. The van der Waals surface area contributed by atoms with Crippen LogP contribution in [0, 0.1) is 17.7 Å². The highest BCUT2D eigenvalue weighted by atomic mass is 35.5. The Morgan fingerprint density at radius 1 is 1.19 bits per heavy atom. The molecule has 7 nitrogen and oxygen atoms in total. The Hall–Kier alpha value is -1.90. The third-order valence-electron chi connectivity index (χ3n) is 7.58. The maximum atomic E-state index is 15.1. The number of benzene rings is 1. The average Bonchev–Trinajstić information content (AvgIpc) is 2.89. The summed E-state index contributed by atoms with van der Waals surface area (Å²) in [5.41, 5.74) is 0.376. The molecule has 2 aliphatic rings. The monoisotopic (exact) mass is 538 g/mol. The zero-order chi connectivity index (χ0) is 26.6. The van der Waals surface area contributed by atoms with E-state index in [0.29, 0.717) is 31.1 Å². The molecule has 1 saturated carbocycles. The van der Waals surface area contributed by atoms with Crippen LogP contribution in [0.4, 0.5) is 9.18 Å². The Bertz CT molecular complexity index is 868. The minimum Gasteiger partial charge on any atom is -0.373 e. The zero-order valence-corrected chi connectivity index (χ0v) is 23.1. The Morgan fingerprint density at radius 2 is 1.97 bits per heavy atom. The maximum Gasteiger partial charge on any atom is 0.317 e. The van der Waals surface area contributed by atoms with Crippen molar-refractivity contribution < 1.29 is 18.7 Å². The lowest BCUT2D eigenvalue weighted by Crippen LogP contribution is -2.52. The molecule has 1 aromatic carbocycles. The first-order chi connectivity index (χ1) is 17.9. The van der Waals surface area contributed by atoms with Gasteiger partial charge >= 0.3 is 6.03 Å². The summed E-state index contributed by atoms with van der Waals surface area (Å²) in [5.74, 6) is -0.0564. The number of ether oxygens (including phenoxy) is 1. The first kappa shape index (κ1) is 29.7. The van der Waals surface area contributed by atoms with E-state index in [-0.39, 0.29) is 41.9 Å². The van der Waals surface area contributed by atoms with Gasteiger partial charge in [0, 0.05) is 50.1 Å². The Labute approximate surface area is 226 Å². The van der Waals surface area contributed by atoms with Gasteiger partial charge in [-0.1, -0.05) is 55.8 Å². The van der Waals surface area contributed by atoms with Gasteiger partial charge in [-0.25, -0.2) is 9.18 Å². The zero-order valence-electron chi connectivity index (χ0n) is 22.4. The predicted molar refractivity (Wildman–Crippen MR) is 145 cm³/mol. The molecule has 1 aliphatic heterocycles. The smallest absolute Gasteiger partial charge is 0.317 e. The molecule has 2 fully saturated rings. The summed E-state index contributed by atoms with van der Waals surface area (Å²) < 4.78 is 21.2. The molecule has 1 aliphatic carbocycles. The van der Waals surface area contributed by atoms with E-state index >= 15 is 4.39 Å². The van der Waals surface area contributed by atoms with Crippen molar-refractivity contribution in [3.05, 3.63) is 34.6 Å². The molecule has 208 valence electrons. The SMILES string of the molecule is CCNC(=O)CCO[C@@H](c1cccc(Cl)c1F)[C@H]1CCCN(C(=O)N[C@@H](CNC)CC2CCCCC2)C1. The molecule has 1 saturated heterocycles. The summed E-state index contributed by atoms with van der Waals surface area (Å²) in [5, 5.41) is 9.29. The van der Waals surface area contributed by atoms with Crippen LogP contribution in [-0.4, -0.2) is 62.7 Å². The molecular formula is C28H44ClFN4O3. The van der Waals surface area contributed by atoms with E-state index in [2.05, 4.69) is 16.0 Å². The number of nitrogens with zero attached hydrogens (tertiary/aromatic N) is 1. The molecule has 9 heteroatoms. The van der Waals surface area contributed by atoms with Crippen molar-refractivity contribution in [1.82, 2.24) is 20.9 Å². The minimum atomic E-state index is -0.598. The van der Waals surface area contributed by atoms with Crippen molar-refractivity contribution in [3.8, 4) is 0 Å². The number of hydrogen-bond acceptors (Lipinski definition) is 4. The third-order valence-corrected chi connectivity index (χ3v) is 7.87. The molecule has 3 atom stereocenters. The highest BCUT2D eigenvalue weighted by Gasteiger charge is 2.34. The van der Waals surface area contributed by atoms with Gasteiger partial charge in [0.2, 0.25) is 5.91 Å². The van der Waals surface area contributed by atoms with Crippen molar-refractivity contribution in [3.63, 3.8) is 0 Å². The highest BCUT2D eigenvalue weighted by Crippen LogP contribution is 2.36. The van der Waals surface area contributed by atoms with Gasteiger partial charge in [0.05, 0.1) is 17.7 Å². The summed E-state index contributed by atoms with van der Waals surface area (Å²) >= 11 is 6.09. The summed E-state index contributed by atoms with van der Waals surface area (Å²) in [7, 11) is 1.92. The molecule has 0 spiro atoms. The fraction of sp³-hybridized carbons (Fsp3) is 0.714.